The molecule has 3 saturated heterocycles. The number of piperidine rings is 3. The van der Waals surface area contributed by atoms with Crippen LogP contribution in [0.1, 0.15) is 52.3 Å². The molecule has 5 aromatic rings. The van der Waals surface area contributed by atoms with Crippen molar-refractivity contribution in [3.8, 4) is 22.3 Å². The lowest BCUT2D eigenvalue weighted by molar-refractivity contribution is -0.984. The number of benzene rings is 4. The van der Waals surface area contributed by atoms with Gasteiger partial charge in [-0.1, -0.05) is 24.3 Å². The predicted molar refractivity (Wildman–Crippen MR) is 188 cm³/mol. The zero-order valence-electron chi connectivity index (χ0n) is 29.7. The maximum atomic E-state index is 14.0. The van der Waals surface area contributed by atoms with E-state index in [1.165, 1.54) is 12.1 Å². The molecule has 3 aliphatic rings. The van der Waals surface area contributed by atoms with Gasteiger partial charge >= 0.3 is 24.7 Å². The first-order valence-electron chi connectivity index (χ1n) is 17.8. The van der Waals surface area contributed by atoms with Crippen LogP contribution in [-0.4, -0.2) is 33.7 Å². The summed E-state index contributed by atoms with van der Waals surface area (Å²) in [5.41, 5.74) is -7.02. The average Bonchev–Trinajstić information content (AvgIpc) is 3.15. The van der Waals surface area contributed by atoms with Crippen LogP contribution in [0.25, 0.3) is 33.2 Å². The molecule has 300 valence electrons. The minimum atomic E-state index is -5.24. The van der Waals surface area contributed by atoms with Crippen LogP contribution >= 0.6 is 0 Å². The van der Waals surface area contributed by atoms with Crippen LogP contribution in [0.15, 0.2) is 104 Å². The van der Waals surface area contributed by atoms with E-state index in [1.54, 1.807) is 42.6 Å². The molecule has 1 N–H and O–H groups in total. The zero-order valence-corrected chi connectivity index (χ0v) is 29.7. The monoisotopic (exact) mass is 809 g/mol. The van der Waals surface area contributed by atoms with Gasteiger partial charge in [0.1, 0.15) is 18.7 Å². The number of para-hydroxylation sites is 1. The van der Waals surface area contributed by atoms with E-state index in [4.69, 9.17) is 0 Å². The standard InChI is InChI=1S/C42H33F12N2O/c1-2-24-22-56(10-8-25(24)18-37(56)38(57)35-7-9-55-36-6-4-3-5-34(35)36)21-23-11-26(28-14-30(39(43,44)45)19-31(15-28)40(46,47)48)13-27(12-23)29-16-32(41(49,50)51)20-33(17-29)42(52,53)54/h2-7,9,11-17,19-20,24-25,37-38,57H,1,8,10,18,21-22H2/q+1/t24-,25-,37-,38+,56?/m0/s1. The van der Waals surface area contributed by atoms with E-state index < -0.39 is 70.2 Å². The molecule has 0 spiro atoms. The zero-order chi connectivity index (χ0) is 41.3. The molecule has 0 aliphatic carbocycles. The Morgan fingerprint density at radius 3 is 1.67 bits per heavy atom. The second-order valence-electron chi connectivity index (χ2n) is 14.9. The molecule has 15 heteroatoms. The van der Waals surface area contributed by atoms with Gasteiger partial charge in [-0.2, -0.15) is 52.7 Å². The van der Waals surface area contributed by atoms with Gasteiger partial charge in [-0.05, 0) is 100 Å². The summed E-state index contributed by atoms with van der Waals surface area (Å²) in [6.45, 7) is 4.82. The summed E-state index contributed by atoms with van der Waals surface area (Å²) in [4.78, 5) is 4.38. The van der Waals surface area contributed by atoms with Crippen molar-refractivity contribution in [1.29, 1.82) is 0 Å². The number of fused-ring (bicyclic) bond motifs is 4. The maximum Gasteiger partial charge on any atom is 0.416 e. The highest BCUT2D eigenvalue weighted by molar-refractivity contribution is 5.82. The minimum absolute atomic E-state index is 0.0289. The van der Waals surface area contributed by atoms with E-state index >= 15 is 0 Å². The van der Waals surface area contributed by atoms with E-state index in [9.17, 15) is 57.8 Å². The van der Waals surface area contributed by atoms with Crippen molar-refractivity contribution in [2.75, 3.05) is 13.1 Å². The lowest BCUT2D eigenvalue weighted by Crippen LogP contribution is -2.67. The SMILES string of the molecule is C=C[C@H]1C[N+]2(Cc3cc(-c4cc(C(F)(F)F)cc(C(F)(F)F)c4)cc(-c4cc(C(F)(F)F)cc(C(F)(F)F)c4)c3)CC[C@H]1C[C@H]2[C@H](O)c1ccnc2ccccc12. The van der Waals surface area contributed by atoms with Crippen LogP contribution in [0.2, 0.25) is 0 Å². The summed E-state index contributed by atoms with van der Waals surface area (Å²) < 4.78 is 168. The Hall–Kier alpha value is -4.89. The Bertz CT molecular complexity index is 2160. The maximum absolute atomic E-state index is 14.0. The fourth-order valence-electron chi connectivity index (χ4n) is 8.69. The number of aliphatic hydroxyl groups is 1. The predicted octanol–water partition coefficient (Wildman–Crippen LogP) is 12.3. The van der Waals surface area contributed by atoms with Crippen LogP contribution in [0.3, 0.4) is 0 Å². The molecule has 5 atom stereocenters. The first kappa shape index (κ1) is 40.3. The van der Waals surface area contributed by atoms with E-state index in [2.05, 4.69) is 11.6 Å². The molecule has 3 fully saturated rings. The fourth-order valence-corrected chi connectivity index (χ4v) is 8.69. The number of nitrogens with zero attached hydrogens (tertiary/aromatic N) is 2. The van der Waals surface area contributed by atoms with Gasteiger partial charge in [0.2, 0.25) is 0 Å². The van der Waals surface area contributed by atoms with E-state index in [0.717, 1.165) is 6.07 Å². The largest absolute Gasteiger partial charge is 0.416 e. The summed E-state index contributed by atoms with van der Waals surface area (Å²) in [6.07, 6.45) is -17.6. The molecular weight excluding hydrogens is 776 g/mol. The van der Waals surface area contributed by atoms with Crippen molar-refractivity contribution < 1.29 is 62.3 Å². The number of aromatic nitrogens is 1. The lowest BCUT2D eigenvalue weighted by Gasteiger charge is -2.58. The quantitative estimate of drug-likeness (QED) is 0.101. The number of alkyl halides is 12. The highest BCUT2D eigenvalue weighted by atomic mass is 19.4. The van der Waals surface area contributed by atoms with E-state index in [1.807, 2.05) is 0 Å². The van der Waals surface area contributed by atoms with Crippen molar-refractivity contribution in [2.45, 2.75) is 56.2 Å². The van der Waals surface area contributed by atoms with Crippen LogP contribution in [-0.2, 0) is 31.2 Å². The molecular formula is C42H33F12N2O+. The molecule has 3 aliphatic heterocycles. The smallest absolute Gasteiger partial charge is 0.382 e. The van der Waals surface area contributed by atoms with Crippen molar-refractivity contribution in [2.24, 2.45) is 11.8 Å². The van der Waals surface area contributed by atoms with Gasteiger partial charge in [-0.3, -0.25) is 4.98 Å². The summed E-state index contributed by atoms with van der Waals surface area (Å²) >= 11 is 0. The Balaban J connectivity index is 1.44. The topological polar surface area (TPSA) is 33.1 Å². The molecule has 1 unspecified atom stereocenters. The van der Waals surface area contributed by atoms with Crippen LogP contribution in [0.5, 0.6) is 0 Å². The van der Waals surface area contributed by atoms with Crippen molar-refractivity contribution in [3.63, 3.8) is 0 Å². The molecule has 4 heterocycles. The Morgan fingerprint density at radius 2 is 1.18 bits per heavy atom. The number of pyridine rings is 1. The van der Waals surface area contributed by atoms with Crippen LogP contribution < -0.4 is 0 Å². The number of hydrogen-bond donors (Lipinski definition) is 1. The van der Waals surface area contributed by atoms with Gasteiger partial charge in [0.05, 0.1) is 40.9 Å². The van der Waals surface area contributed by atoms with Gasteiger partial charge in [-0.25, -0.2) is 0 Å². The van der Waals surface area contributed by atoms with Gasteiger partial charge in [0.15, 0.2) is 0 Å². The second-order valence-corrected chi connectivity index (χ2v) is 14.9. The van der Waals surface area contributed by atoms with Gasteiger partial charge in [0, 0.05) is 35.9 Å². The number of halogens is 12. The Morgan fingerprint density at radius 1 is 0.684 bits per heavy atom. The molecule has 0 amide bonds. The lowest BCUT2D eigenvalue weighted by atomic mass is 9.71. The molecule has 4 aromatic carbocycles. The van der Waals surface area contributed by atoms with Crippen molar-refractivity contribution in [1.82, 2.24) is 4.98 Å². The number of rotatable bonds is 7. The average molecular weight is 810 g/mol. The second kappa shape index (κ2) is 14.2. The van der Waals surface area contributed by atoms with Crippen LogP contribution in [0.4, 0.5) is 52.7 Å². The van der Waals surface area contributed by atoms with Crippen molar-refractivity contribution in [3.05, 3.63) is 137 Å². The molecule has 2 bridgehead atoms. The Kier molecular flexibility index (Phi) is 10.0. The summed E-state index contributed by atoms with van der Waals surface area (Å²) in [7, 11) is 0. The van der Waals surface area contributed by atoms with E-state index in [-0.39, 0.29) is 51.7 Å². The molecule has 57 heavy (non-hydrogen) atoms. The Labute approximate surface area is 318 Å². The molecule has 0 radical (unpaired) electrons. The normalized spacial score (nSPS) is 22.2. The van der Waals surface area contributed by atoms with Gasteiger partial charge in [-0.15, -0.1) is 6.58 Å². The molecule has 8 rings (SSSR count). The molecule has 1 aromatic heterocycles. The molecule has 0 saturated carbocycles. The number of quaternary nitrogens is 1. The minimum Gasteiger partial charge on any atom is -0.382 e. The first-order valence-corrected chi connectivity index (χ1v) is 17.8. The molecule has 3 nitrogen and oxygen atoms in total. The summed E-state index contributed by atoms with van der Waals surface area (Å²) in [5, 5.41) is 12.9. The van der Waals surface area contributed by atoms with Gasteiger partial charge in [0.25, 0.3) is 0 Å². The number of hydrogen-bond acceptors (Lipinski definition) is 2. The number of aliphatic hydroxyl groups excluding tert-OH is 1. The third-order valence-corrected chi connectivity index (χ3v) is 11.4. The summed E-state index contributed by atoms with van der Waals surface area (Å²) in [6, 6.07) is 13.6. The highest BCUT2D eigenvalue weighted by Crippen LogP contribution is 2.49. The fraction of sp³-hybridized carbons (Fsp3) is 0.310. The van der Waals surface area contributed by atoms with Crippen LogP contribution in [0, 0.1) is 11.8 Å². The van der Waals surface area contributed by atoms with Gasteiger partial charge < -0.3 is 9.59 Å². The van der Waals surface area contributed by atoms with E-state index in [0.29, 0.717) is 66.7 Å². The third-order valence-electron chi connectivity index (χ3n) is 11.4. The first-order chi connectivity index (χ1) is 26.6. The summed E-state index contributed by atoms with van der Waals surface area (Å²) in [5.74, 6) is 0.0589. The van der Waals surface area contributed by atoms with Crippen molar-refractivity contribution >= 4 is 10.9 Å². The highest BCUT2D eigenvalue weighted by Gasteiger charge is 2.54. The third kappa shape index (κ3) is 8.00.